The Balaban J connectivity index is 2.28. The summed E-state index contributed by atoms with van der Waals surface area (Å²) < 4.78 is 16.7. The summed E-state index contributed by atoms with van der Waals surface area (Å²) in [6.07, 6.45) is 1.29. The van der Waals surface area contributed by atoms with E-state index in [-0.39, 0.29) is 0 Å². The quantitative estimate of drug-likeness (QED) is 0.789. The molecule has 1 aromatic rings. The van der Waals surface area contributed by atoms with Gasteiger partial charge in [-0.05, 0) is 17.7 Å². The van der Waals surface area contributed by atoms with Crippen LogP contribution < -0.4 is 9.47 Å². The van der Waals surface area contributed by atoms with E-state index < -0.39 is 0 Å². The topological polar surface area (TPSA) is 31.0 Å². The molecule has 82 valence electrons. The number of epoxide rings is 1. The van der Waals surface area contributed by atoms with E-state index in [2.05, 4.69) is 15.9 Å². The monoisotopic (exact) mass is 272 g/mol. The number of halogens is 1. The van der Waals surface area contributed by atoms with Crippen molar-refractivity contribution in [3.05, 3.63) is 22.2 Å². The second kappa shape index (κ2) is 4.41. The average molecular weight is 273 g/mol. The summed E-state index contributed by atoms with van der Waals surface area (Å²) in [4.78, 5) is 0. The summed E-state index contributed by atoms with van der Waals surface area (Å²) in [5, 5.41) is 0. The first-order chi connectivity index (χ1) is 7.24. The van der Waals surface area contributed by atoms with Gasteiger partial charge in [0.2, 0.25) is 0 Å². The molecule has 1 heterocycles. The molecule has 15 heavy (non-hydrogen) atoms. The molecule has 0 aromatic heterocycles. The largest absolute Gasteiger partial charge is 0.493 e. The van der Waals surface area contributed by atoms with Crippen LogP contribution in [0.4, 0.5) is 0 Å². The summed E-state index contributed by atoms with van der Waals surface area (Å²) in [7, 11) is 3.27. The van der Waals surface area contributed by atoms with Crippen LogP contribution in [-0.2, 0) is 11.2 Å². The van der Waals surface area contributed by atoms with Gasteiger partial charge in [0.25, 0.3) is 0 Å². The molecule has 3 nitrogen and oxygen atoms in total. The van der Waals surface area contributed by atoms with E-state index in [1.807, 2.05) is 12.1 Å². The van der Waals surface area contributed by atoms with Crippen molar-refractivity contribution >= 4 is 15.9 Å². The molecule has 2 rings (SSSR count). The molecule has 1 fully saturated rings. The van der Waals surface area contributed by atoms with E-state index >= 15 is 0 Å². The van der Waals surface area contributed by atoms with Gasteiger partial charge in [0.15, 0.2) is 11.5 Å². The minimum atomic E-state index is 0.374. The highest BCUT2D eigenvalue weighted by Gasteiger charge is 2.24. The van der Waals surface area contributed by atoms with Crippen LogP contribution in [0.1, 0.15) is 5.56 Å². The molecule has 0 spiro atoms. The molecule has 1 aliphatic heterocycles. The lowest BCUT2D eigenvalue weighted by Gasteiger charge is -2.11. The molecule has 0 bridgehead atoms. The number of ether oxygens (including phenoxy) is 3. The Bertz CT molecular complexity index is 361. The number of methoxy groups -OCH3 is 2. The van der Waals surface area contributed by atoms with Crippen LogP contribution in [0.3, 0.4) is 0 Å². The number of hydrogen-bond donors (Lipinski definition) is 0. The molecular formula is C11H13BrO3. The third-order valence-electron chi connectivity index (χ3n) is 2.40. The SMILES string of the molecule is COc1cc(Br)c(CC2CO2)cc1OC. The van der Waals surface area contributed by atoms with E-state index in [0.29, 0.717) is 6.10 Å². The normalized spacial score (nSPS) is 18.7. The van der Waals surface area contributed by atoms with Crippen LogP contribution in [0.15, 0.2) is 16.6 Å². The summed E-state index contributed by atoms with van der Waals surface area (Å²) in [5.74, 6) is 1.50. The van der Waals surface area contributed by atoms with E-state index in [1.165, 1.54) is 5.56 Å². The number of benzene rings is 1. The number of rotatable bonds is 4. The van der Waals surface area contributed by atoms with Crippen LogP contribution in [0, 0.1) is 0 Å². The summed E-state index contributed by atoms with van der Waals surface area (Å²) in [5.41, 5.74) is 1.19. The molecule has 0 saturated carbocycles. The Kier molecular flexibility index (Phi) is 3.17. The Labute approximate surface area is 97.5 Å². The molecule has 0 amide bonds. The minimum absolute atomic E-state index is 0.374. The predicted octanol–water partition coefficient (Wildman–Crippen LogP) is 2.41. The first-order valence-corrected chi connectivity index (χ1v) is 5.56. The Morgan fingerprint density at radius 2 is 1.93 bits per heavy atom. The molecular weight excluding hydrogens is 260 g/mol. The summed E-state index contributed by atoms with van der Waals surface area (Å²) >= 11 is 3.52. The maximum Gasteiger partial charge on any atom is 0.161 e. The Morgan fingerprint density at radius 1 is 1.33 bits per heavy atom. The Morgan fingerprint density at radius 3 is 2.47 bits per heavy atom. The lowest BCUT2D eigenvalue weighted by molar-refractivity contribution is 0.353. The fourth-order valence-electron chi connectivity index (χ4n) is 1.48. The van der Waals surface area contributed by atoms with Crippen LogP contribution in [0.5, 0.6) is 11.5 Å². The summed E-state index contributed by atoms with van der Waals surface area (Å²) in [6, 6.07) is 3.92. The van der Waals surface area contributed by atoms with E-state index in [0.717, 1.165) is 29.0 Å². The highest BCUT2D eigenvalue weighted by Crippen LogP contribution is 2.34. The maximum absolute atomic E-state index is 5.25. The van der Waals surface area contributed by atoms with Crippen molar-refractivity contribution in [3.63, 3.8) is 0 Å². The van der Waals surface area contributed by atoms with Crippen molar-refractivity contribution in [2.24, 2.45) is 0 Å². The highest BCUT2D eigenvalue weighted by molar-refractivity contribution is 9.10. The smallest absolute Gasteiger partial charge is 0.161 e. The van der Waals surface area contributed by atoms with Crippen LogP contribution in [-0.4, -0.2) is 26.9 Å². The first kappa shape index (κ1) is 10.8. The van der Waals surface area contributed by atoms with E-state index in [9.17, 15) is 0 Å². The standard InChI is InChI=1S/C11H13BrO3/c1-13-10-4-7(3-8-6-15-8)9(12)5-11(10)14-2/h4-5,8H,3,6H2,1-2H3. The van der Waals surface area contributed by atoms with Gasteiger partial charge in [0.05, 0.1) is 26.9 Å². The van der Waals surface area contributed by atoms with Gasteiger partial charge in [0.1, 0.15) is 0 Å². The lowest BCUT2D eigenvalue weighted by atomic mass is 10.1. The van der Waals surface area contributed by atoms with Gasteiger partial charge in [-0.2, -0.15) is 0 Å². The summed E-state index contributed by atoms with van der Waals surface area (Å²) in [6.45, 7) is 0.862. The van der Waals surface area contributed by atoms with Crippen LogP contribution >= 0.6 is 15.9 Å². The van der Waals surface area contributed by atoms with Crippen molar-refractivity contribution in [1.29, 1.82) is 0 Å². The fourth-order valence-corrected chi connectivity index (χ4v) is 1.97. The van der Waals surface area contributed by atoms with Gasteiger partial charge < -0.3 is 14.2 Å². The zero-order valence-corrected chi connectivity index (χ0v) is 10.3. The Hall–Kier alpha value is -0.740. The molecule has 1 unspecified atom stereocenters. The first-order valence-electron chi connectivity index (χ1n) is 4.76. The molecule has 0 N–H and O–H groups in total. The molecule has 1 aliphatic rings. The highest BCUT2D eigenvalue weighted by atomic mass is 79.9. The van der Waals surface area contributed by atoms with Crippen molar-refractivity contribution in [1.82, 2.24) is 0 Å². The third kappa shape index (κ3) is 2.44. The van der Waals surface area contributed by atoms with Gasteiger partial charge in [-0.3, -0.25) is 0 Å². The molecule has 1 atom stereocenters. The molecule has 4 heteroatoms. The van der Waals surface area contributed by atoms with Crippen LogP contribution in [0.25, 0.3) is 0 Å². The van der Waals surface area contributed by atoms with Crippen molar-refractivity contribution in [3.8, 4) is 11.5 Å². The predicted molar refractivity (Wildman–Crippen MR) is 60.7 cm³/mol. The molecule has 0 radical (unpaired) electrons. The van der Waals surface area contributed by atoms with Gasteiger partial charge in [-0.25, -0.2) is 0 Å². The zero-order valence-electron chi connectivity index (χ0n) is 8.75. The van der Waals surface area contributed by atoms with E-state index in [4.69, 9.17) is 14.2 Å². The number of hydrogen-bond acceptors (Lipinski definition) is 3. The van der Waals surface area contributed by atoms with Gasteiger partial charge in [-0.1, -0.05) is 15.9 Å². The second-order valence-electron chi connectivity index (χ2n) is 3.46. The van der Waals surface area contributed by atoms with Crippen molar-refractivity contribution < 1.29 is 14.2 Å². The van der Waals surface area contributed by atoms with Crippen molar-refractivity contribution in [2.75, 3.05) is 20.8 Å². The van der Waals surface area contributed by atoms with Crippen LogP contribution in [0.2, 0.25) is 0 Å². The van der Waals surface area contributed by atoms with Gasteiger partial charge in [0, 0.05) is 10.9 Å². The average Bonchev–Trinajstić information content (AvgIpc) is 3.04. The molecule has 1 saturated heterocycles. The fraction of sp³-hybridized carbons (Fsp3) is 0.455. The van der Waals surface area contributed by atoms with Gasteiger partial charge in [-0.15, -0.1) is 0 Å². The maximum atomic E-state index is 5.25. The van der Waals surface area contributed by atoms with Crippen molar-refractivity contribution in [2.45, 2.75) is 12.5 Å². The van der Waals surface area contributed by atoms with E-state index in [1.54, 1.807) is 14.2 Å². The minimum Gasteiger partial charge on any atom is -0.493 e. The second-order valence-corrected chi connectivity index (χ2v) is 4.31. The van der Waals surface area contributed by atoms with Gasteiger partial charge >= 0.3 is 0 Å². The zero-order chi connectivity index (χ0) is 10.8. The lowest BCUT2D eigenvalue weighted by Crippen LogP contribution is -1.97. The third-order valence-corrected chi connectivity index (χ3v) is 3.14. The molecule has 0 aliphatic carbocycles. The molecule has 1 aromatic carbocycles.